The number of rotatable bonds is 2. The molecule has 6 nitrogen and oxygen atoms in total. The molecule has 1 heterocycles. The molecular weight excluding hydrogens is 297 g/mol. The fraction of sp³-hybridized carbons (Fsp3) is 0.462. The fourth-order valence-corrected chi connectivity index (χ4v) is 3.94. The van der Waals surface area contributed by atoms with Crippen LogP contribution in [-0.4, -0.2) is 50.2 Å². The predicted molar refractivity (Wildman–Crippen MR) is 76.6 cm³/mol. The second kappa shape index (κ2) is 5.61. The number of amides is 1. The van der Waals surface area contributed by atoms with Gasteiger partial charge in [-0.05, 0) is 25.5 Å². The van der Waals surface area contributed by atoms with E-state index in [1.54, 1.807) is 7.05 Å². The average molecular weight is 315 g/mol. The Labute approximate surface area is 123 Å². The summed E-state index contributed by atoms with van der Waals surface area (Å²) in [6.45, 7) is 1.85. The van der Waals surface area contributed by atoms with Gasteiger partial charge < -0.3 is 10.6 Å². The molecule has 1 aliphatic heterocycles. The van der Waals surface area contributed by atoms with Crippen molar-refractivity contribution < 1.29 is 17.6 Å². The van der Waals surface area contributed by atoms with Gasteiger partial charge in [0, 0.05) is 31.4 Å². The number of nitrogen functional groups attached to an aromatic ring is 1. The minimum atomic E-state index is -3.95. The van der Waals surface area contributed by atoms with Crippen molar-refractivity contribution in [3.05, 3.63) is 23.5 Å². The minimum absolute atomic E-state index is 0.00857. The monoisotopic (exact) mass is 315 g/mol. The van der Waals surface area contributed by atoms with E-state index in [0.29, 0.717) is 13.0 Å². The summed E-state index contributed by atoms with van der Waals surface area (Å²) in [4.78, 5) is 13.1. The van der Waals surface area contributed by atoms with Crippen LogP contribution in [0.3, 0.4) is 0 Å². The zero-order valence-corrected chi connectivity index (χ0v) is 12.8. The van der Waals surface area contributed by atoms with Gasteiger partial charge in [0.15, 0.2) is 0 Å². The van der Waals surface area contributed by atoms with Crippen molar-refractivity contribution in [2.45, 2.75) is 18.2 Å². The van der Waals surface area contributed by atoms with E-state index in [9.17, 15) is 17.6 Å². The Morgan fingerprint density at radius 3 is 2.62 bits per heavy atom. The van der Waals surface area contributed by atoms with Crippen LogP contribution in [0.1, 0.15) is 12.0 Å². The van der Waals surface area contributed by atoms with Crippen LogP contribution in [0.25, 0.3) is 0 Å². The molecule has 8 heteroatoms. The number of carbonyl (C=O) groups is 1. The molecule has 2 rings (SSSR count). The number of likely N-dealkylation sites (N-methyl/N-ethyl adjacent to an activating group) is 1. The van der Waals surface area contributed by atoms with Gasteiger partial charge in [0.05, 0.1) is 11.4 Å². The van der Waals surface area contributed by atoms with E-state index in [1.807, 2.05) is 0 Å². The molecule has 1 amide bonds. The molecule has 21 heavy (non-hydrogen) atoms. The van der Waals surface area contributed by atoms with Crippen molar-refractivity contribution in [2.75, 3.05) is 32.4 Å². The number of nitrogens with zero attached hydrogens (tertiary/aromatic N) is 2. The number of benzene rings is 1. The maximum absolute atomic E-state index is 13.7. The smallest absolute Gasteiger partial charge is 0.243 e. The molecule has 0 radical (unpaired) electrons. The molecule has 1 aromatic rings. The second-order valence-corrected chi connectivity index (χ2v) is 7.04. The Bertz CT molecular complexity index is 675. The van der Waals surface area contributed by atoms with Gasteiger partial charge in [0.25, 0.3) is 0 Å². The van der Waals surface area contributed by atoms with E-state index in [0.717, 1.165) is 10.4 Å². The van der Waals surface area contributed by atoms with Crippen LogP contribution in [0.15, 0.2) is 17.0 Å². The zero-order chi connectivity index (χ0) is 15.8. The standard InChI is InChI=1S/C13H18FN3O3S/c1-9-11(14)6-10(15)7-12(9)21(19,20)17-5-3-4-16(2)13(18)8-17/h6-7H,3-5,8,15H2,1-2H3. The normalized spacial score (nSPS) is 17.9. The molecular formula is C13H18FN3O3S. The predicted octanol–water partition coefficient (Wildman–Crippen LogP) is 0.569. The van der Waals surface area contributed by atoms with Crippen LogP contribution >= 0.6 is 0 Å². The molecule has 0 unspecified atom stereocenters. The minimum Gasteiger partial charge on any atom is -0.399 e. The molecule has 1 aliphatic rings. The van der Waals surface area contributed by atoms with Gasteiger partial charge in [-0.15, -0.1) is 0 Å². The highest BCUT2D eigenvalue weighted by Gasteiger charge is 2.31. The molecule has 0 saturated carbocycles. The maximum Gasteiger partial charge on any atom is 0.243 e. The zero-order valence-electron chi connectivity index (χ0n) is 12.0. The van der Waals surface area contributed by atoms with Gasteiger partial charge >= 0.3 is 0 Å². The average Bonchev–Trinajstić information content (AvgIpc) is 2.56. The van der Waals surface area contributed by atoms with Crippen molar-refractivity contribution >= 4 is 21.6 Å². The third-order valence-electron chi connectivity index (χ3n) is 3.58. The summed E-state index contributed by atoms with van der Waals surface area (Å²) in [7, 11) is -2.32. The molecule has 0 spiro atoms. The number of hydrogen-bond acceptors (Lipinski definition) is 4. The van der Waals surface area contributed by atoms with Gasteiger partial charge in [-0.25, -0.2) is 12.8 Å². The summed E-state index contributed by atoms with van der Waals surface area (Å²) in [5, 5.41) is 0. The highest BCUT2D eigenvalue weighted by atomic mass is 32.2. The first-order chi connectivity index (χ1) is 9.73. The lowest BCUT2D eigenvalue weighted by atomic mass is 10.2. The molecule has 0 aliphatic carbocycles. The molecule has 0 aromatic heterocycles. The van der Waals surface area contributed by atoms with E-state index >= 15 is 0 Å². The van der Waals surface area contributed by atoms with Crippen molar-refractivity contribution in [3.8, 4) is 0 Å². The lowest BCUT2D eigenvalue weighted by Crippen LogP contribution is -2.38. The van der Waals surface area contributed by atoms with Crippen LogP contribution in [0.5, 0.6) is 0 Å². The number of hydrogen-bond donors (Lipinski definition) is 1. The van der Waals surface area contributed by atoms with Gasteiger partial charge in [0.1, 0.15) is 5.82 Å². The first-order valence-corrected chi connectivity index (χ1v) is 7.97. The molecule has 1 saturated heterocycles. The summed E-state index contributed by atoms with van der Waals surface area (Å²) in [6, 6.07) is 2.31. The summed E-state index contributed by atoms with van der Waals surface area (Å²) in [5.41, 5.74) is 5.58. The SMILES string of the molecule is Cc1c(F)cc(N)cc1S(=O)(=O)N1CCCN(C)C(=O)C1. The molecule has 2 N–H and O–H groups in total. The van der Waals surface area contributed by atoms with E-state index < -0.39 is 15.8 Å². The molecule has 1 fully saturated rings. The molecule has 116 valence electrons. The highest BCUT2D eigenvalue weighted by Crippen LogP contribution is 2.25. The summed E-state index contributed by atoms with van der Waals surface area (Å²) in [5.74, 6) is -0.954. The Kier molecular flexibility index (Phi) is 4.20. The van der Waals surface area contributed by atoms with Gasteiger partial charge in [-0.2, -0.15) is 4.31 Å². The first-order valence-electron chi connectivity index (χ1n) is 6.53. The first kappa shape index (κ1) is 15.7. The van der Waals surface area contributed by atoms with Crippen LogP contribution in [0.4, 0.5) is 10.1 Å². The number of sulfonamides is 1. The summed E-state index contributed by atoms with van der Waals surface area (Å²) in [6.07, 6.45) is 0.533. The van der Waals surface area contributed by atoms with Gasteiger partial charge in [-0.1, -0.05) is 0 Å². The second-order valence-electron chi connectivity index (χ2n) is 5.13. The van der Waals surface area contributed by atoms with Crippen LogP contribution < -0.4 is 5.73 Å². The summed E-state index contributed by atoms with van der Waals surface area (Å²) < 4.78 is 40.1. The third-order valence-corrected chi connectivity index (χ3v) is 5.55. The number of nitrogens with two attached hydrogens (primary N) is 1. The molecule has 0 atom stereocenters. The molecule has 0 bridgehead atoms. The number of anilines is 1. The Balaban J connectivity index is 2.45. The lowest BCUT2D eigenvalue weighted by molar-refractivity contribution is -0.129. The van der Waals surface area contributed by atoms with E-state index in [1.165, 1.54) is 17.9 Å². The van der Waals surface area contributed by atoms with E-state index in [-0.39, 0.29) is 35.1 Å². The fourth-order valence-electron chi connectivity index (χ4n) is 2.25. The van der Waals surface area contributed by atoms with Gasteiger partial charge in [-0.3, -0.25) is 4.79 Å². The van der Waals surface area contributed by atoms with Crippen LogP contribution in [0.2, 0.25) is 0 Å². The Hall–Kier alpha value is -1.67. The van der Waals surface area contributed by atoms with Crippen LogP contribution in [-0.2, 0) is 14.8 Å². The van der Waals surface area contributed by atoms with Crippen molar-refractivity contribution in [1.82, 2.24) is 9.21 Å². The van der Waals surface area contributed by atoms with E-state index in [4.69, 9.17) is 5.73 Å². The van der Waals surface area contributed by atoms with Crippen molar-refractivity contribution in [3.63, 3.8) is 0 Å². The topological polar surface area (TPSA) is 83.7 Å². The van der Waals surface area contributed by atoms with Gasteiger partial charge in [0.2, 0.25) is 15.9 Å². The van der Waals surface area contributed by atoms with Crippen LogP contribution in [0, 0.1) is 12.7 Å². The quantitative estimate of drug-likeness (QED) is 0.809. The Morgan fingerprint density at radius 1 is 1.29 bits per heavy atom. The third kappa shape index (κ3) is 3.01. The van der Waals surface area contributed by atoms with Crippen molar-refractivity contribution in [1.29, 1.82) is 0 Å². The van der Waals surface area contributed by atoms with E-state index in [2.05, 4.69) is 0 Å². The number of carbonyl (C=O) groups excluding carboxylic acids is 1. The molecule has 1 aromatic carbocycles. The highest BCUT2D eigenvalue weighted by molar-refractivity contribution is 7.89. The maximum atomic E-state index is 13.7. The summed E-state index contributed by atoms with van der Waals surface area (Å²) >= 11 is 0. The number of halogens is 1. The Morgan fingerprint density at radius 2 is 1.95 bits per heavy atom. The lowest BCUT2D eigenvalue weighted by Gasteiger charge is -2.21. The van der Waals surface area contributed by atoms with Crippen molar-refractivity contribution in [2.24, 2.45) is 0 Å². The largest absolute Gasteiger partial charge is 0.399 e.